The van der Waals surface area contributed by atoms with Gasteiger partial charge in [-0.2, -0.15) is 5.10 Å². The van der Waals surface area contributed by atoms with Gasteiger partial charge in [-0.25, -0.2) is 8.42 Å². The van der Waals surface area contributed by atoms with E-state index in [4.69, 9.17) is 12.2 Å². The van der Waals surface area contributed by atoms with Crippen molar-refractivity contribution in [3.05, 3.63) is 22.3 Å². The number of hydrogen-bond acceptors (Lipinski definition) is 6. The molecule has 2 aromatic rings. The number of nitrogens with one attached hydrogen (secondary N) is 2. The Labute approximate surface area is 136 Å². The van der Waals surface area contributed by atoms with Crippen molar-refractivity contribution < 1.29 is 13.2 Å². The molecule has 1 amide bonds. The summed E-state index contributed by atoms with van der Waals surface area (Å²) in [5.41, 5.74) is 0. The van der Waals surface area contributed by atoms with Crippen molar-refractivity contribution in [2.24, 2.45) is 0 Å². The van der Waals surface area contributed by atoms with E-state index in [0.29, 0.717) is 17.0 Å². The lowest BCUT2D eigenvalue weighted by atomic mass is 10.2. The highest BCUT2D eigenvalue weighted by molar-refractivity contribution is 7.91. The Hall–Kier alpha value is -1.52. The van der Waals surface area contributed by atoms with Crippen LogP contribution < -0.4 is 5.32 Å². The van der Waals surface area contributed by atoms with Crippen LogP contribution in [0.5, 0.6) is 0 Å². The molecule has 3 heterocycles. The van der Waals surface area contributed by atoms with Crippen molar-refractivity contribution in [2.75, 3.05) is 11.5 Å². The molecule has 0 radical (unpaired) electrons. The first-order valence-corrected chi connectivity index (χ1v) is 9.74. The summed E-state index contributed by atoms with van der Waals surface area (Å²) in [6, 6.07) is 3.47. The molecule has 0 unspecified atom stereocenters. The second-order valence-corrected chi connectivity index (χ2v) is 8.65. The number of H-pyrrole nitrogens is 1. The molecule has 0 aromatic carbocycles. The quantitative estimate of drug-likeness (QED) is 0.794. The van der Waals surface area contributed by atoms with Crippen molar-refractivity contribution in [2.45, 2.75) is 19.0 Å². The lowest BCUT2D eigenvalue weighted by molar-refractivity contribution is -0.122. The van der Waals surface area contributed by atoms with E-state index in [2.05, 4.69) is 15.5 Å². The van der Waals surface area contributed by atoms with Gasteiger partial charge in [0.25, 0.3) is 0 Å². The van der Waals surface area contributed by atoms with Crippen LogP contribution in [0.15, 0.2) is 17.5 Å². The molecule has 1 aliphatic rings. The van der Waals surface area contributed by atoms with E-state index < -0.39 is 9.84 Å². The Kier molecular flexibility index (Phi) is 4.15. The number of thiophene rings is 1. The number of sulfone groups is 1. The zero-order valence-electron chi connectivity index (χ0n) is 11.5. The van der Waals surface area contributed by atoms with Crippen LogP contribution in [0.3, 0.4) is 0 Å². The first-order chi connectivity index (χ1) is 10.4. The van der Waals surface area contributed by atoms with Gasteiger partial charge in [-0.05, 0) is 30.1 Å². The van der Waals surface area contributed by atoms with Gasteiger partial charge in [0.1, 0.15) is 6.54 Å². The second-order valence-electron chi connectivity index (χ2n) is 5.08. The maximum Gasteiger partial charge on any atom is 0.240 e. The molecular weight excluding hydrogens is 344 g/mol. The van der Waals surface area contributed by atoms with Crippen molar-refractivity contribution in [3.8, 4) is 10.7 Å². The Morgan fingerprint density at radius 1 is 1.59 bits per heavy atom. The normalized spacial score (nSPS) is 20.1. The van der Waals surface area contributed by atoms with Gasteiger partial charge in [0, 0.05) is 6.04 Å². The minimum Gasteiger partial charge on any atom is -0.351 e. The molecule has 2 aromatic heterocycles. The first kappa shape index (κ1) is 15.4. The van der Waals surface area contributed by atoms with E-state index in [1.54, 1.807) is 4.57 Å². The topological polar surface area (TPSA) is 96.8 Å². The monoisotopic (exact) mass is 358 g/mol. The summed E-state index contributed by atoms with van der Waals surface area (Å²) in [5, 5.41) is 11.5. The number of nitrogens with zero attached hydrogens (tertiary/aromatic N) is 2. The third kappa shape index (κ3) is 3.28. The molecule has 7 nitrogen and oxygen atoms in total. The van der Waals surface area contributed by atoms with Gasteiger partial charge < -0.3 is 5.32 Å². The van der Waals surface area contributed by atoms with Gasteiger partial charge in [0.15, 0.2) is 20.4 Å². The molecule has 2 N–H and O–H groups in total. The van der Waals surface area contributed by atoms with Crippen LogP contribution in [-0.2, 0) is 21.2 Å². The van der Waals surface area contributed by atoms with Crippen molar-refractivity contribution in [3.63, 3.8) is 0 Å². The summed E-state index contributed by atoms with van der Waals surface area (Å²) in [6.45, 7) is 0.0130. The average molecular weight is 358 g/mol. The number of rotatable bonds is 4. The Morgan fingerprint density at radius 2 is 2.41 bits per heavy atom. The highest BCUT2D eigenvalue weighted by Crippen LogP contribution is 2.22. The number of aromatic nitrogens is 3. The van der Waals surface area contributed by atoms with Crippen LogP contribution in [0.2, 0.25) is 0 Å². The Morgan fingerprint density at radius 3 is 3.05 bits per heavy atom. The van der Waals surface area contributed by atoms with Gasteiger partial charge in [-0.1, -0.05) is 6.07 Å². The molecule has 1 aliphatic heterocycles. The fourth-order valence-corrected chi connectivity index (χ4v) is 4.98. The SMILES string of the molecule is O=C(Cn1c(-c2cccs2)n[nH]c1=S)N[C@@H]1CCS(=O)(=O)C1. The molecule has 1 fully saturated rings. The Balaban J connectivity index is 1.73. The largest absolute Gasteiger partial charge is 0.351 e. The smallest absolute Gasteiger partial charge is 0.240 e. The summed E-state index contributed by atoms with van der Waals surface area (Å²) in [7, 11) is -3.01. The molecule has 22 heavy (non-hydrogen) atoms. The predicted octanol–water partition coefficient (Wildman–Crippen LogP) is 0.972. The maximum atomic E-state index is 12.1. The first-order valence-electron chi connectivity index (χ1n) is 6.63. The number of amides is 1. The maximum absolute atomic E-state index is 12.1. The lowest BCUT2D eigenvalue weighted by Gasteiger charge is -2.11. The molecule has 1 atom stereocenters. The van der Waals surface area contributed by atoms with Gasteiger partial charge in [-0.15, -0.1) is 11.3 Å². The summed E-state index contributed by atoms with van der Waals surface area (Å²) in [6.07, 6.45) is 0.461. The van der Waals surface area contributed by atoms with E-state index >= 15 is 0 Å². The van der Waals surface area contributed by atoms with Crippen molar-refractivity contribution >= 4 is 39.3 Å². The van der Waals surface area contributed by atoms with Crippen LogP contribution in [-0.4, -0.2) is 46.6 Å². The van der Waals surface area contributed by atoms with Crippen LogP contribution in [0.4, 0.5) is 0 Å². The molecular formula is C12H14N4O3S3. The van der Waals surface area contributed by atoms with E-state index in [0.717, 1.165) is 4.88 Å². The minimum atomic E-state index is -3.01. The molecule has 10 heteroatoms. The fraction of sp³-hybridized carbons (Fsp3) is 0.417. The molecule has 0 bridgehead atoms. The summed E-state index contributed by atoms with van der Waals surface area (Å²) in [5.74, 6) is 0.475. The zero-order chi connectivity index (χ0) is 15.7. The predicted molar refractivity (Wildman–Crippen MR) is 85.9 cm³/mol. The zero-order valence-corrected chi connectivity index (χ0v) is 13.9. The average Bonchev–Trinajstić information content (AvgIpc) is 3.13. The summed E-state index contributed by atoms with van der Waals surface area (Å²) < 4.78 is 24.8. The van der Waals surface area contributed by atoms with Gasteiger partial charge in [-0.3, -0.25) is 14.5 Å². The van der Waals surface area contributed by atoms with Crippen LogP contribution >= 0.6 is 23.6 Å². The van der Waals surface area contributed by atoms with Gasteiger partial charge in [0.2, 0.25) is 5.91 Å². The number of carbonyl (C=O) groups excluding carboxylic acids is 1. The summed E-state index contributed by atoms with van der Waals surface area (Å²) in [4.78, 5) is 13.0. The van der Waals surface area contributed by atoms with Gasteiger partial charge >= 0.3 is 0 Å². The number of carbonyl (C=O) groups is 1. The van der Waals surface area contributed by atoms with E-state index in [1.165, 1.54) is 11.3 Å². The molecule has 118 valence electrons. The van der Waals surface area contributed by atoms with Crippen LogP contribution in [0, 0.1) is 4.77 Å². The Bertz CT molecular complexity index is 835. The van der Waals surface area contributed by atoms with Crippen LogP contribution in [0.1, 0.15) is 6.42 Å². The third-order valence-electron chi connectivity index (χ3n) is 3.40. The molecule has 1 saturated heterocycles. The second kappa shape index (κ2) is 5.94. The highest BCUT2D eigenvalue weighted by Gasteiger charge is 2.29. The van der Waals surface area contributed by atoms with E-state index in [9.17, 15) is 13.2 Å². The summed E-state index contributed by atoms with van der Waals surface area (Å²) >= 11 is 6.66. The third-order valence-corrected chi connectivity index (χ3v) is 6.34. The number of hydrogen-bond donors (Lipinski definition) is 2. The highest BCUT2D eigenvalue weighted by atomic mass is 32.2. The van der Waals surface area contributed by atoms with Crippen molar-refractivity contribution in [1.29, 1.82) is 0 Å². The fourth-order valence-electron chi connectivity index (χ4n) is 2.38. The molecule has 0 spiro atoms. The lowest BCUT2D eigenvalue weighted by Crippen LogP contribution is -2.37. The van der Waals surface area contributed by atoms with E-state index in [1.807, 2.05) is 17.5 Å². The van der Waals surface area contributed by atoms with Crippen LogP contribution in [0.25, 0.3) is 10.7 Å². The molecule has 3 rings (SSSR count). The van der Waals surface area contributed by atoms with Gasteiger partial charge in [0.05, 0.1) is 16.4 Å². The molecule has 0 aliphatic carbocycles. The standard InChI is InChI=1S/C12H14N4O3S3/c17-10(13-8-3-5-22(18,19)7-8)6-16-11(14-15-12(16)20)9-2-1-4-21-9/h1-2,4,8H,3,5-7H2,(H,13,17)(H,15,20)/t8-/m1/s1. The van der Waals surface area contributed by atoms with E-state index in [-0.39, 0.29) is 30.0 Å². The minimum absolute atomic E-state index is 0.00725. The van der Waals surface area contributed by atoms with Crippen molar-refractivity contribution in [1.82, 2.24) is 20.1 Å². The molecule has 0 saturated carbocycles. The number of aromatic amines is 1.